The standard InChI is InChI=1S/C12H10F3NO4/c1-6-2-3-16-8-4-7(10(18)19)11(5-17,12(13,14)15)20-9(6)8/h2-4,17H,5H2,1H3,(H,18,19). The van der Waals surface area contributed by atoms with Gasteiger partial charge >= 0.3 is 12.1 Å². The Hall–Kier alpha value is -2.09. The maximum absolute atomic E-state index is 13.2. The molecule has 2 rings (SSSR count). The number of aliphatic hydroxyl groups excluding tert-OH is 1. The number of carbonyl (C=O) groups is 1. The molecule has 0 saturated carbocycles. The molecule has 1 atom stereocenters. The normalized spacial score (nSPS) is 21.8. The Kier molecular flexibility index (Phi) is 3.21. The number of aryl methyl sites for hydroxylation is 1. The van der Waals surface area contributed by atoms with Crippen molar-refractivity contribution in [3.8, 4) is 5.75 Å². The molecule has 0 radical (unpaired) electrons. The minimum absolute atomic E-state index is 0.0178. The highest BCUT2D eigenvalue weighted by molar-refractivity contribution is 5.96. The number of aliphatic carboxylic acids is 1. The number of aromatic nitrogens is 1. The third-order valence-corrected chi connectivity index (χ3v) is 3.03. The average molecular weight is 289 g/mol. The maximum atomic E-state index is 13.2. The first-order valence-electron chi connectivity index (χ1n) is 5.50. The Labute approximate surface area is 111 Å². The summed E-state index contributed by atoms with van der Waals surface area (Å²) in [4.78, 5) is 14.9. The summed E-state index contributed by atoms with van der Waals surface area (Å²) in [6.07, 6.45) is -2.99. The molecule has 0 bridgehead atoms. The molecule has 1 aromatic rings. The molecule has 0 spiro atoms. The van der Waals surface area contributed by atoms with Crippen LogP contribution in [0.2, 0.25) is 0 Å². The van der Waals surface area contributed by atoms with Gasteiger partial charge in [-0.3, -0.25) is 4.98 Å². The number of ether oxygens (including phenoxy) is 1. The molecular formula is C12H10F3NO4. The molecule has 2 N–H and O–H groups in total. The van der Waals surface area contributed by atoms with Gasteiger partial charge in [-0.2, -0.15) is 13.2 Å². The van der Waals surface area contributed by atoms with E-state index in [1.165, 1.54) is 19.2 Å². The van der Waals surface area contributed by atoms with Gasteiger partial charge < -0.3 is 14.9 Å². The van der Waals surface area contributed by atoms with Crippen LogP contribution in [0.3, 0.4) is 0 Å². The number of rotatable bonds is 2. The van der Waals surface area contributed by atoms with Gasteiger partial charge in [-0.15, -0.1) is 0 Å². The van der Waals surface area contributed by atoms with Crippen molar-refractivity contribution in [1.82, 2.24) is 4.98 Å². The molecule has 108 valence electrons. The molecule has 1 aromatic heterocycles. The Balaban J connectivity index is 2.73. The monoisotopic (exact) mass is 289 g/mol. The number of carboxylic acid groups (broad SMARTS) is 1. The quantitative estimate of drug-likeness (QED) is 0.863. The zero-order chi connectivity index (χ0) is 15.1. The second kappa shape index (κ2) is 4.48. The van der Waals surface area contributed by atoms with Gasteiger partial charge in [0.2, 0.25) is 0 Å². The molecule has 0 saturated heterocycles. The first kappa shape index (κ1) is 14.3. The van der Waals surface area contributed by atoms with E-state index in [-0.39, 0.29) is 11.4 Å². The second-order valence-electron chi connectivity index (χ2n) is 4.29. The Bertz CT molecular complexity index is 597. The van der Waals surface area contributed by atoms with Crippen LogP contribution in [-0.4, -0.2) is 39.6 Å². The highest BCUT2D eigenvalue weighted by Gasteiger charge is 2.63. The summed E-state index contributed by atoms with van der Waals surface area (Å²) in [5.74, 6) is -2.02. The second-order valence-corrected chi connectivity index (χ2v) is 4.29. The molecular weight excluding hydrogens is 279 g/mol. The number of alkyl halides is 3. The minimum atomic E-state index is -5.09. The van der Waals surface area contributed by atoms with E-state index < -0.39 is 29.9 Å². The summed E-state index contributed by atoms with van der Waals surface area (Å²) in [5.41, 5.74) is -4.05. The van der Waals surface area contributed by atoms with E-state index in [1.54, 1.807) is 0 Å². The predicted octanol–water partition coefficient (Wildman–Crippen LogP) is 1.54. The van der Waals surface area contributed by atoms with Gasteiger partial charge in [0, 0.05) is 6.20 Å². The predicted molar refractivity (Wildman–Crippen MR) is 61.1 cm³/mol. The van der Waals surface area contributed by atoms with Gasteiger partial charge in [-0.05, 0) is 24.6 Å². The molecule has 1 aliphatic heterocycles. The van der Waals surface area contributed by atoms with Gasteiger partial charge in [0.1, 0.15) is 11.4 Å². The summed E-state index contributed by atoms with van der Waals surface area (Å²) < 4.78 is 44.5. The largest absolute Gasteiger partial charge is 0.478 e. The Morgan fingerprint density at radius 2 is 2.15 bits per heavy atom. The van der Waals surface area contributed by atoms with Crippen molar-refractivity contribution in [1.29, 1.82) is 0 Å². The van der Waals surface area contributed by atoms with Crippen LogP contribution in [0.15, 0.2) is 17.8 Å². The van der Waals surface area contributed by atoms with Crippen LogP contribution in [0.4, 0.5) is 13.2 Å². The van der Waals surface area contributed by atoms with Crippen molar-refractivity contribution >= 4 is 12.0 Å². The molecule has 1 aliphatic rings. The molecule has 20 heavy (non-hydrogen) atoms. The Morgan fingerprint density at radius 1 is 1.50 bits per heavy atom. The number of hydrogen-bond acceptors (Lipinski definition) is 4. The van der Waals surface area contributed by atoms with Crippen molar-refractivity contribution in [3.63, 3.8) is 0 Å². The van der Waals surface area contributed by atoms with Crippen LogP contribution in [0.5, 0.6) is 5.75 Å². The SMILES string of the molecule is Cc1ccnc2c1OC(CO)(C(F)(F)F)C(C(=O)O)=C2. The van der Waals surface area contributed by atoms with Crippen LogP contribution in [0.25, 0.3) is 6.08 Å². The third kappa shape index (κ3) is 1.92. The van der Waals surface area contributed by atoms with E-state index >= 15 is 0 Å². The summed E-state index contributed by atoms with van der Waals surface area (Å²) in [6, 6.07) is 1.43. The number of carboxylic acids is 1. The molecule has 5 nitrogen and oxygen atoms in total. The van der Waals surface area contributed by atoms with Crippen LogP contribution >= 0.6 is 0 Å². The maximum Gasteiger partial charge on any atom is 0.435 e. The van der Waals surface area contributed by atoms with Gasteiger partial charge in [0.15, 0.2) is 0 Å². The zero-order valence-corrected chi connectivity index (χ0v) is 10.2. The molecule has 0 aromatic carbocycles. The first-order chi connectivity index (χ1) is 9.23. The average Bonchev–Trinajstić information content (AvgIpc) is 2.36. The van der Waals surface area contributed by atoms with Gasteiger partial charge in [-0.25, -0.2) is 4.79 Å². The van der Waals surface area contributed by atoms with Crippen LogP contribution in [0, 0.1) is 6.92 Å². The van der Waals surface area contributed by atoms with E-state index in [4.69, 9.17) is 14.9 Å². The van der Waals surface area contributed by atoms with Gasteiger partial charge in [-0.1, -0.05) is 0 Å². The van der Waals surface area contributed by atoms with E-state index in [2.05, 4.69) is 4.98 Å². The summed E-state index contributed by atoms with van der Waals surface area (Å²) in [5, 5.41) is 18.1. The van der Waals surface area contributed by atoms with Crippen molar-refractivity contribution in [2.75, 3.05) is 6.61 Å². The van der Waals surface area contributed by atoms with Crippen molar-refractivity contribution < 1.29 is 32.9 Å². The topological polar surface area (TPSA) is 79.7 Å². The number of pyridine rings is 1. The smallest absolute Gasteiger partial charge is 0.435 e. The molecule has 1 unspecified atom stereocenters. The van der Waals surface area contributed by atoms with Crippen molar-refractivity contribution in [2.24, 2.45) is 0 Å². The van der Waals surface area contributed by atoms with Crippen LogP contribution < -0.4 is 4.74 Å². The number of aliphatic hydroxyl groups is 1. The van der Waals surface area contributed by atoms with Crippen molar-refractivity contribution in [2.45, 2.75) is 18.7 Å². The molecule has 2 heterocycles. The highest BCUT2D eigenvalue weighted by atomic mass is 19.4. The number of fused-ring (bicyclic) bond motifs is 1. The third-order valence-electron chi connectivity index (χ3n) is 3.03. The van der Waals surface area contributed by atoms with E-state index in [0.29, 0.717) is 5.56 Å². The number of nitrogens with zero attached hydrogens (tertiary/aromatic N) is 1. The molecule has 8 heteroatoms. The number of hydrogen-bond donors (Lipinski definition) is 2. The minimum Gasteiger partial charge on any atom is -0.478 e. The molecule has 0 fully saturated rings. The summed E-state index contributed by atoms with van der Waals surface area (Å²) in [7, 11) is 0. The lowest BCUT2D eigenvalue weighted by Crippen LogP contribution is -2.57. The van der Waals surface area contributed by atoms with Crippen LogP contribution in [-0.2, 0) is 4.79 Å². The lowest BCUT2D eigenvalue weighted by molar-refractivity contribution is -0.245. The zero-order valence-electron chi connectivity index (χ0n) is 10.2. The lowest BCUT2D eigenvalue weighted by atomic mass is 9.89. The highest BCUT2D eigenvalue weighted by Crippen LogP contribution is 2.45. The molecule has 0 amide bonds. The number of halogens is 3. The Morgan fingerprint density at radius 3 is 2.65 bits per heavy atom. The fourth-order valence-electron chi connectivity index (χ4n) is 1.94. The first-order valence-corrected chi connectivity index (χ1v) is 5.50. The fourth-order valence-corrected chi connectivity index (χ4v) is 1.94. The van der Waals surface area contributed by atoms with Gasteiger partial charge in [0.05, 0.1) is 12.2 Å². The molecule has 0 aliphatic carbocycles. The van der Waals surface area contributed by atoms with Crippen LogP contribution in [0.1, 0.15) is 11.3 Å². The fraction of sp³-hybridized carbons (Fsp3) is 0.333. The summed E-state index contributed by atoms with van der Waals surface area (Å²) >= 11 is 0. The lowest BCUT2D eigenvalue weighted by Gasteiger charge is -2.37. The summed E-state index contributed by atoms with van der Waals surface area (Å²) in [6.45, 7) is -0.0406. The van der Waals surface area contributed by atoms with Gasteiger partial charge in [0.25, 0.3) is 5.60 Å². The van der Waals surface area contributed by atoms with E-state index in [0.717, 1.165) is 6.08 Å². The van der Waals surface area contributed by atoms with E-state index in [1.807, 2.05) is 0 Å². The van der Waals surface area contributed by atoms with Crippen molar-refractivity contribution in [3.05, 3.63) is 29.1 Å². The van der Waals surface area contributed by atoms with E-state index in [9.17, 15) is 18.0 Å².